The summed E-state index contributed by atoms with van der Waals surface area (Å²) in [5.74, 6) is 0.420. The number of nitrogens with zero attached hydrogens (tertiary/aromatic N) is 1. The molecule has 1 amide bonds. The van der Waals surface area contributed by atoms with Crippen molar-refractivity contribution >= 4 is 15.9 Å². The second-order valence-electron chi connectivity index (χ2n) is 6.10. The smallest absolute Gasteiger partial charge is 0.241 e. The summed E-state index contributed by atoms with van der Waals surface area (Å²) in [6.07, 6.45) is 0. The van der Waals surface area contributed by atoms with E-state index in [1.807, 2.05) is 6.92 Å². The zero-order valence-corrected chi connectivity index (χ0v) is 16.0. The first-order chi connectivity index (χ1) is 11.8. The van der Waals surface area contributed by atoms with Crippen LogP contribution in [0.1, 0.15) is 25.0 Å². The van der Waals surface area contributed by atoms with Crippen molar-refractivity contribution < 1.29 is 22.7 Å². The van der Waals surface area contributed by atoms with Gasteiger partial charge in [-0.3, -0.25) is 4.79 Å². The van der Waals surface area contributed by atoms with Crippen LogP contribution >= 0.6 is 0 Å². The molecule has 1 aliphatic rings. The van der Waals surface area contributed by atoms with Gasteiger partial charge in [0.25, 0.3) is 0 Å². The predicted octanol–water partition coefficient (Wildman–Crippen LogP) is 1.23. The summed E-state index contributed by atoms with van der Waals surface area (Å²) in [7, 11) is -3.81. The van der Waals surface area contributed by atoms with Gasteiger partial charge in [0.15, 0.2) is 0 Å². The van der Waals surface area contributed by atoms with E-state index in [1.165, 1.54) is 0 Å². The number of benzene rings is 1. The van der Waals surface area contributed by atoms with Crippen LogP contribution in [-0.2, 0) is 19.6 Å². The van der Waals surface area contributed by atoms with Gasteiger partial charge in [-0.05, 0) is 51.0 Å². The molecule has 2 rings (SSSR count). The van der Waals surface area contributed by atoms with E-state index >= 15 is 0 Å². The molecule has 0 saturated carbocycles. The quantitative estimate of drug-likeness (QED) is 0.814. The minimum Gasteiger partial charge on any atom is -0.494 e. The Balaban J connectivity index is 2.18. The topological polar surface area (TPSA) is 84.9 Å². The molecule has 1 N–H and O–H groups in total. The van der Waals surface area contributed by atoms with Crippen LogP contribution in [0.4, 0.5) is 0 Å². The number of sulfonamides is 1. The fraction of sp³-hybridized carbons (Fsp3) is 0.588. The van der Waals surface area contributed by atoms with Crippen LogP contribution in [0.15, 0.2) is 17.0 Å². The molecule has 1 atom stereocenters. The lowest BCUT2D eigenvalue weighted by Crippen LogP contribution is -2.50. The van der Waals surface area contributed by atoms with E-state index in [-0.39, 0.29) is 10.8 Å². The monoisotopic (exact) mass is 370 g/mol. The number of aryl methyl sites for hydroxylation is 2. The van der Waals surface area contributed by atoms with E-state index in [2.05, 4.69) is 4.72 Å². The molecule has 0 radical (unpaired) electrons. The van der Waals surface area contributed by atoms with E-state index in [4.69, 9.17) is 9.47 Å². The van der Waals surface area contributed by atoms with Crippen molar-refractivity contribution in [2.24, 2.45) is 0 Å². The molecule has 25 heavy (non-hydrogen) atoms. The first-order valence-electron chi connectivity index (χ1n) is 8.39. The van der Waals surface area contributed by atoms with Crippen molar-refractivity contribution in [3.05, 3.63) is 23.3 Å². The average molecular weight is 370 g/mol. The van der Waals surface area contributed by atoms with Crippen LogP contribution in [0.5, 0.6) is 5.75 Å². The second kappa shape index (κ2) is 8.16. The van der Waals surface area contributed by atoms with Crippen LogP contribution in [0.2, 0.25) is 0 Å². The maximum absolute atomic E-state index is 12.7. The van der Waals surface area contributed by atoms with E-state index in [9.17, 15) is 13.2 Å². The van der Waals surface area contributed by atoms with E-state index < -0.39 is 16.1 Å². The SMILES string of the molecule is CCOc1cc(C)c(S(=O)(=O)N[C@@H](C)C(=O)N2CCOCC2)cc1C. The molecule has 0 aliphatic carbocycles. The maximum atomic E-state index is 12.7. The first kappa shape index (κ1) is 19.7. The van der Waals surface area contributed by atoms with Gasteiger partial charge in [0, 0.05) is 13.1 Å². The lowest BCUT2D eigenvalue weighted by Gasteiger charge is -2.29. The van der Waals surface area contributed by atoms with Crippen LogP contribution < -0.4 is 9.46 Å². The Kier molecular flexibility index (Phi) is 6.42. The molecule has 8 heteroatoms. The van der Waals surface area contributed by atoms with E-state index in [0.717, 1.165) is 5.56 Å². The molecule has 1 fully saturated rings. The third-order valence-corrected chi connectivity index (χ3v) is 5.77. The molecular weight excluding hydrogens is 344 g/mol. The molecular formula is C17H26N2O5S. The number of hydrogen-bond acceptors (Lipinski definition) is 5. The number of carbonyl (C=O) groups excluding carboxylic acids is 1. The highest BCUT2D eigenvalue weighted by atomic mass is 32.2. The number of carbonyl (C=O) groups is 1. The van der Waals surface area contributed by atoms with Gasteiger partial charge < -0.3 is 14.4 Å². The molecule has 1 aromatic carbocycles. The summed E-state index contributed by atoms with van der Waals surface area (Å²) < 4.78 is 38.6. The van der Waals surface area contributed by atoms with Crippen molar-refractivity contribution in [1.29, 1.82) is 0 Å². The van der Waals surface area contributed by atoms with Gasteiger partial charge in [-0.2, -0.15) is 4.72 Å². The number of ether oxygens (including phenoxy) is 2. The highest BCUT2D eigenvalue weighted by Gasteiger charge is 2.28. The Bertz CT molecular complexity index is 727. The van der Waals surface area contributed by atoms with Crippen molar-refractivity contribution in [1.82, 2.24) is 9.62 Å². The summed E-state index contributed by atoms with van der Waals surface area (Å²) in [5.41, 5.74) is 1.31. The number of amides is 1. The lowest BCUT2D eigenvalue weighted by atomic mass is 10.1. The Labute approximate surface area is 149 Å². The Morgan fingerprint density at radius 2 is 1.92 bits per heavy atom. The summed E-state index contributed by atoms with van der Waals surface area (Å²) in [5, 5.41) is 0. The number of hydrogen-bond donors (Lipinski definition) is 1. The van der Waals surface area contributed by atoms with E-state index in [1.54, 1.807) is 37.8 Å². The highest BCUT2D eigenvalue weighted by Crippen LogP contribution is 2.26. The number of morpholine rings is 1. The van der Waals surface area contributed by atoms with Crippen LogP contribution in [0.3, 0.4) is 0 Å². The second-order valence-corrected chi connectivity index (χ2v) is 7.78. The van der Waals surface area contributed by atoms with Crippen molar-refractivity contribution in [2.45, 2.75) is 38.6 Å². The van der Waals surface area contributed by atoms with Gasteiger partial charge in [0.1, 0.15) is 5.75 Å². The van der Waals surface area contributed by atoms with Gasteiger partial charge >= 0.3 is 0 Å². The third kappa shape index (κ3) is 4.71. The largest absolute Gasteiger partial charge is 0.494 e. The molecule has 1 saturated heterocycles. The zero-order chi connectivity index (χ0) is 18.6. The molecule has 0 unspecified atom stereocenters. The van der Waals surface area contributed by atoms with Crippen LogP contribution in [0, 0.1) is 13.8 Å². The molecule has 1 aromatic rings. The Morgan fingerprint density at radius 3 is 2.52 bits per heavy atom. The molecule has 0 spiro atoms. The summed E-state index contributed by atoms with van der Waals surface area (Å²) in [6, 6.07) is 2.45. The molecule has 140 valence electrons. The molecule has 0 bridgehead atoms. The van der Waals surface area contributed by atoms with Crippen LogP contribution in [0.25, 0.3) is 0 Å². The minimum absolute atomic E-state index is 0.162. The molecule has 0 aromatic heterocycles. The number of nitrogens with one attached hydrogen (secondary N) is 1. The summed E-state index contributed by atoms with van der Waals surface area (Å²) in [4.78, 5) is 14.2. The fourth-order valence-corrected chi connectivity index (χ4v) is 4.28. The van der Waals surface area contributed by atoms with Crippen molar-refractivity contribution in [3.8, 4) is 5.75 Å². The fourth-order valence-electron chi connectivity index (χ4n) is 2.77. The zero-order valence-electron chi connectivity index (χ0n) is 15.2. The van der Waals surface area contributed by atoms with Crippen LogP contribution in [-0.4, -0.2) is 58.2 Å². The highest BCUT2D eigenvalue weighted by molar-refractivity contribution is 7.89. The van der Waals surface area contributed by atoms with Gasteiger partial charge in [-0.1, -0.05) is 0 Å². The molecule has 1 aliphatic heterocycles. The first-order valence-corrected chi connectivity index (χ1v) is 9.87. The minimum atomic E-state index is -3.81. The van der Waals surface area contributed by atoms with Gasteiger partial charge in [0.05, 0.1) is 30.8 Å². The standard InChI is InChI=1S/C17H26N2O5S/c1-5-24-15-10-13(3)16(11-12(15)2)25(21,22)18-14(4)17(20)19-6-8-23-9-7-19/h10-11,14,18H,5-9H2,1-4H3/t14-/m0/s1. The maximum Gasteiger partial charge on any atom is 0.241 e. The van der Waals surface area contributed by atoms with Gasteiger partial charge in [-0.25, -0.2) is 8.42 Å². The Morgan fingerprint density at radius 1 is 1.28 bits per heavy atom. The summed E-state index contributed by atoms with van der Waals surface area (Å²) in [6.45, 7) is 9.36. The summed E-state index contributed by atoms with van der Waals surface area (Å²) >= 11 is 0. The average Bonchev–Trinajstić information content (AvgIpc) is 2.57. The lowest BCUT2D eigenvalue weighted by molar-refractivity contribution is -0.136. The van der Waals surface area contributed by atoms with E-state index in [0.29, 0.717) is 44.2 Å². The van der Waals surface area contributed by atoms with Crippen molar-refractivity contribution in [2.75, 3.05) is 32.9 Å². The normalized spacial score (nSPS) is 16.6. The number of rotatable bonds is 6. The molecule has 1 heterocycles. The van der Waals surface area contributed by atoms with Gasteiger partial charge in [0.2, 0.25) is 15.9 Å². The van der Waals surface area contributed by atoms with Crippen molar-refractivity contribution in [3.63, 3.8) is 0 Å². The predicted molar refractivity (Wildman–Crippen MR) is 94.3 cm³/mol. The third-order valence-electron chi connectivity index (χ3n) is 4.09. The van der Waals surface area contributed by atoms with Gasteiger partial charge in [-0.15, -0.1) is 0 Å². The Hall–Kier alpha value is -1.64. The molecule has 7 nitrogen and oxygen atoms in total.